The average molecular weight is 199 g/mol. The molecule has 0 radical (unpaired) electrons. The number of ether oxygens (including phenoxy) is 1. The van der Waals surface area contributed by atoms with Crippen molar-refractivity contribution in [2.45, 2.75) is 51.9 Å². The molecule has 14 heavy (non-hydrogen) atoms. The van der Waals surface area contributed by atoms with Crippen molar-refractivity contribution in [3.8, 4) is 0 Å². The lowest BCUT2D eigenvalue weighted by atomic mass is 10.1. The molecule has 2 heteroatoms. The molecule has 1 aliphatic heterocycles. The molecule has 0 amide bonds. The van der Waals surface area contributed by atoms with E-state index in [4.69, 9.17) is 4.74 Å². The molecule has 0 spiro atoms. The van der Waals surface area contributed by atoms with Crippen molar-refractivity contribution in [1.29, 1.82) is 0 Å². The minimum absolute atomic E-state index is 0.867. The predicted molar refractivity (Wildman–Crippen MR) is 60.4 cm³/mol. The van der Waals surface area contributed by atoms with Crippen molar-refractivity contribution in [2.24, 2.45) is 0 Å². The molecule has 0 saturated carbocycles. The van der Waals surface area contributed by atoms with Crippen LogP contribution in [0, 0.1) is 0 Å². The lowest BCUT2D eigenvalue weighted by Crippen LogP contribution is -2.31. The first-order valence-corrected chi connectivity index (χ1v) is 6.23. The van der Waals surface area contributed by atoms with E-state index in [1.54, 1.807) is 0 Å². The zero-order chi connectivity index (χ0) is 10.1. The quantitative estimate of drug-likeness (QED) is 0.584. The number of unbranched alkanes of at least 4 members (excludes halogenated alkanes) is 3. The highest BCUT2D eigenvalue weighted by atomic mass is 16.5. The van der Waals surface area contributed by atoms with Crippen LogP contribution in [0.3, 0.4) is 0 Å². The van der Waals surface area contributed by atoms with Gasteiger partial charge in [0.25, 0.3) is 0 Å². The summed E-state index contributed by atoms with van der Waals surface area (Å²) in [4.78, 5) is 2.43. The average Bonchev–Trinajstić information content (AvgIpc) is 2.25. The van der Waals surface area contributed by atoms with Gasteiger partial charge in [0.1, 0.15) is 0 Å². The van der Waals surface area contributed by atoms with Gasteiger partial charge in [-0.05, 0) is 19.3 Å². The van der Waals surface area contributed by atoms with E-state index in [0.29, 0.717) is 0 Å². The third-order valence-electron chi connectivity index (χ3n) is 2.86. The highest BCUT2D eigenvalue weighted by Gasteiger charge is 2.08. The van der Waals surface area contributed by atoms with Crippen LogP contribution in [0.4, 0.5) is 0 Å². The van der Waals surface area contributed by atoms with Crippen LogP contribution in [0.5, 0.6) is 0 Å². The largest absolute Gasteiger partial charge is 0.366 e. The van der Waals surface area contributed by atoms with Gasteiger partial charge >= 0.3 is 0 Å². The summed E-state index contributed by atoms with van der Waals surface area (Å²) < 4.78 is 5.65. The SMILES string of the molecule is CCCCCCOCN1CCCCC1. The van der Waals surface area contributed by atoms with Crippen molar-refractivity contribution in [3.63, 3.8) is 0 Å². The molecule has 0 aromatic heterocycles. The molecular weight excluding hydrogens is 174 g/mol. The Balaban J connectivity index is 1.82. The lowest BCUT2D eigenvalue weighted by molar-refractivity contribution is 0.0174. The van der Waals surface area contributed by atoms with Crippen molar-refractivity contribution in [3.05, 3.63) is 0 Å². The van der Waals surface area contributed by atoms with Crippen LogP contribution in [0.2, 0.25) is 0 Å². The fourth-order valence-corrected chi connectivity index (χ4v) is 1.91. The molecule has 1 aliphatic rings. The van der Waals surface area contributed by atoms with Gasteiger partial charge in [-0.1, -0.05) is 32.6 Å². The van der Waals surface area contributed by atoms with Gasteiger partial charge in [-0.3, -0.25) is 4.90 Å². The molecule has 2 nitrogen and oxygen atoms in total. The van der Waals surface area contributed by atoms with E-state index in [0.717, 1.165) is 13.3 Å². The van der Waals surface area contributed by atoms with E-state index >= 15 is 0 Å². The molecule has 1 rings (SSSR count). The van der Waals surface area contributed by atoms with Gasteiger partial charge in [-0.25, -0.2) is 0 Å². The van der Waals surface area contributed by atoms with Gasteiger partial charge in [-0.2, -0.15) is 0 Å². The minimum atomic E-state index is 0.867. The van der Waals surface area contributed by atoms with E-state index in [2.05, 4.69) is 11.8 Å². The molecule has 1 fully saturated rings. The molecule has 84 valence electrons. The first-order valence-electron chi connectivity index (χ1n) is 6.23. The summed E-state index contributed by atoms with van der Waals surface area (Å²) in [5.74, 6) is 0. The highest BCUT2D eigenvalue weighted by Crippen LogP contribution is 2.08. The molecular formula is C12H25NO. The summed E-state index contributed by atoms with van der Waals surface area (Å²) in [6.07, 6.45) is 9.36. The van der Waals surface area contributed by atoms with E-state index in [1.807, 2.05) is 0 Å². The second kappa shape index (κ2) is 8.25. The van der Waals surface area contributed by atoms with E-state index in [-0.39, 0.29) is 0 Å². The van der Waals surface area contributed by atoms with Crippen LogP contribution in [0.15, 0.2) is 0 Å². The maximum absolute atomic E-state index is 5.65. The van der Waals surface area contributed by atoms with Crippen LogP contribution in [-0.4, -0.2) is 31.3 Å². The fraction of sp³-hybridized carbons (Fsp3) is 1.00. The van der Waals surface area contributed by atoms with Crippen LogP contribution in [0.25, 0.3) is 0 Å². The van der Waals surface area contributed by atoms with E-state index < -0.39 is 0 Å². The lowest BCUT2D eigenvalue weighted by Gasteiger charge is -2.25. The summed E-state index contributed by atoms with van der Waals surface area (Å²) in [6, 6.07) is 0. The van der Waals surface area contributed by atoms with E-state index in [9.17, 15) is 0 Å². The van der Waals surface area contributed by atoms with Crippen LogP contribution < -0.4 is 0 Å². The third kappa shape index (κ3) is 5.61. The Morgan fingerprint density at radius 2 is 1.79 bits per heavy atom. The van der Waals surface area contributed by atoms with Crippen LogP contribution in [-0.2, 0) is 4.74 Å². The Hall–Kier alpha value is -0.0800. The van der Waals surface area contributed by atoms with Crippen molar-refractivity contribution < 1.29 is 4.74 Å². The minimum Gasteiger partial charge on any atom is -0.366 e. The molecule has 0 bridgehead atoms. The first-order chi connectivity index (χ1) is 6.93. The fourth-order valence-electron chi connectivity index (χ4n) is 1.91. The highest BCUT2D eigenvalue weighted by molar-refractivity contribution is 4.60. The third-order valence-corrected chi connectivity index (χ3v) is 2.86. The molecule has 0 atom stereocenters. The van der Waals surface area contributed by atoms with Crippen molar-refractivity contribution in [2.75, 3.05) is 26.4 Å². The molecule has 1 saturated heterocycles. The number of piperidine rings is 1. The van der Waals surface area contributed by atoms with Crippen LogP contribution >= 0.6 is 0 Å². The Bertz CT molecular complexity index is 121. The Kier molecular flexibility index (Phi) is 7.06. The predicted octanol–water partition coefficient (Wildman–Crippen LogP) is 3.03. The van der Waals surface area contributed by atoms with E-state index in [1.165, 1.54) is 58.0 Å². The standard InChI is InChI=1S/C12H25NO/c1-2-3-4-8-11-14-12-13-9-6-5-7-10-13/h2-12H2,1H3. The Morgan fingerprint density at radius 1 is 1.00 bits per heavy atom. The molecule has 1 heterocycles. The summed E-state index contributed by atoms with van der Waals surface area (Å²) >= 11 is 0. The smallest absolute Gasteiger partial charge is 0.0990 e. The molecule has 0 unspecified atom stereocenters. The molecule has 0 N–H and O–H groups in total. The van der Waals surface area contributed by atoms with Crippen molar-refractivity contribution in [1.82, 2.24) is 4.90 Å². The zero-order valence-electron chi connectivity index (χ0n) is 9.63. The number of hydrogen-bond donors (Lipinski definition) is 0. The molecule has 0 aliphatic carbocycles. The van der Waals surface area contributed by atoms with Crippen LogP contribution in [0.1, 0.15) is 51.9 Å². The number of rotatable bonds is 7. The van der Waals surface area contributed by atoms with Gasteiger partial charge in [0.2, 0.25) is 0 Å². The number of likely N-dealkylation sites (tertiary alicyclic amines) is 1. The van der Waals surface area contributed by atoms with Gasteiger partial charge in [0.05, 0.1) is 6.73 Å². The summed E-state index contributed by atoms with van der Waals surface area (Å²) in [5.41, 5.74) is 0. The first kappa shape index (κ1) is 12.0. The number of hydrogen-bond acceptors (Lipinski definition) is 2. The summed E-state index contributed by atoms with van der Waals surface area (Å²) in [6.45, 7) is 6.56. The number of nitrogens with zero attached hydrogens (tertiary/aromatic N) is 1. The maximum Gasteiger partial charge on any atom is 0.0990 e. The second-order valence-electron chi connectivity index (χ2n) is 4.28. The maximum atomic E-state index is 5.65. The molecule has 0 aromatic carbocycles. The summed E-state index contributed by atoms with van der Waals surface area (Å²) in [5, 5.41) is 0. The topological polar surface area (TPSA) is 12.5 Å². The van der Waals surface area contributed by atoms with Gasteiger partial charge in [0.15, 0.2) is 0 Å². The van der Waals surface area contributed by atoms with Gasteiger partial charge < -0.3 is 4.74 Å². The Morgan fingerprint density at radius 3 is 2.50 bits per heavy atom. The van der Waals surface area contributed by atoms with Gasteiger partial charge in [-0.15, -0.1) is 0 Å². The normalized spacial score (nSPS) is 18.6. The van der Waals surface area contributed by atoms with Crippen molar-refractivity contribution >= 4 is 0 Å². The molecule has 0 aromatic rings. The summed E-state index contributed by atoms with van der Waals surface area (Å²) in [7, 11) is 0. The van der Waals surface area contributed by atoms with Gasteiger partial charge in [0, 0.05) is 19.7 Å². The monoisotopic (exact) mass is 199 g/mol. The Labute approximate surface area is 88.6 Å². The second-order valence-corrected chi connectivity index (χ2v) is 4.28. The zero-order valence-corrected chi connectivity index (χ0v) is 9.63.